The second-order valence-electron chi connectivity index (χ2n) is 6.41. The van der Waals surface area contributed by atoms with Gasteiger partial charge in [0.05, 0.1) is 5.56 Å². The number of likely N-dealkylation sites (N-methyl/N-ethyl adjacent to an activating group) is 1. The Bertz CT molecular complexity index is 938. The molecule has 0 aliphatic rings. The molecule has 2 aromatic rings. The predicted molar refractivity (Wildman–Crippen MR) is 119 cm³/mol. The standard InChI is InChI=1S/C23H25N3O3.Ac.H2O/c1-4-14-26(5-2)22(27)16(3)15-17-6-8-19(9-7-17)23(28)29-20-12-10-18(11-13-20)21(24)25;;/h4,6-13,15H,1,5,14H2,2-3H3,(H3,24,25);;1H2. The van der Waals surface area contributed by atoms with Gasteiger partial charge in [-0.05, 0) is 61.9 Å². The van der Waals surface area contributed by atoms with Crippen LogP contribution in [0.25, 0.3) is 6.08 Å². The van der Waals surface area contributed by atoms with Crippen molar-refractivity contribution in [1.29, 1.82) is 5.41 Å². The van der Waals surface area contributed by atoms with E-state index in [1.54, 1.807) is 72.5 Å². The molecule has 1 amide bonds. The van der Waals surface area contributed by atoms with Crippen LogP contribution in [-0.2, 0) is 4.79 Å². The van der Waals surface area contributed by atoms with Gasteiger partial charge < -0.3 is 20.8 Å². The molecule has 7 nitrogen and oxygen atoms in total. The number of nitrogen functional groups attached to an aromatic ring is 1. The summed E-state index contributed by atoms with van der Waals surface area (Å²) in [7, 11) is 0. The summed E-state index contributed by atoms with van der Waals surface area (Å²) in [6, 6.07) is 13.2. The van der Waals surface area contributed by atoms with Crippen LogP contribution in [0.1, 0.15) is 35.3 Å². The molecule has 0 heterocycles. The minimum Gasteiger partial charge on any atom is -0.423 e. The molecule has 0 saturated heterocycles. The number of rotatable bonds is 8. The molecule has 2 aromatic carbocycles. The summed E-state index contributed by atoms with van der Waals surface area (Å²) in [5.41, 5.74) is 7.77. The maximum Gasteiger partial charge on any atom is 0.343 e. The molecule has 0 atom stereocenters. The van der Waals surface area contributed by atoms with Crippen LogP contribution in [0, 0.1) is 49.5 Å². The average molecular weight is 636 g/mol. The van der Waals surface area contributed by atoms with Crippen LogP contribution in [0.2, 0.25) is 0 Å². The van der Waals surface area contributed by atoms with E-state index in [0.717, 1.165) is 5.56 Å². The monoisotopic (exact) mass is 636 g/mol. The van der Waals surface area contributed by atoms with Gasteiger partial charge in [0.25, 0.3) is 0 Å². The normalized spacial score (nSPS) is 10.2. The van der Waals surface area contributed by atoms with E-state index in [1.165, 1.54) is 0 Å². The number of esters is 1. The van der Waals surface area contributed by atoms with Gasteiger partial charge in [-0.15, -0.1) is 6.58 Å². The van der Waals surface area contributed by atoms with Crippen molar-refractivity contribution < 1.29 is 63.9 Å². The molecule has 0 aliphatic heterocycles. The molecular weight excluding hydrogens is 609 g/mol. The summed E-state index contributed by atoms with van der Waals surface area (Å²) in [5, 5.41) is 7.37. The number of hydrogen-bond donors (Lipinski definition) is 2. The van der Waals surface area contributed by atoms with Crippen molar-refractivity contribution in [1.82, 2.24) is 4.90 Å². The second kappa shape index (κ2) is 13.9. The number of nitrogens with one attached hydrogen (secondary N) is 1. The summed E-state index contributed by atoms with van der Waals surface area (Å²) in [6.07, 6.45) is 3.48. The molecule has 0 unspecified atom stereocenters. The van der Waals surface area contributed by atoms with Crippen molar-refractivity contribution in [3.05, 3.63) is 83.4 Å². The first-order valence-electron chi connectivity index (χ1n) is 9.20. The van der Waals surface area contributed by atoms with Crippen LogP contribution in [0.5, 0.6) is 5.75 Å². The zero-order valence-electron chi connectivity index (χ0n) is 17.7. The summed E-state index contributed by atoms with van der Waals surface area (Å²) in [4.78, 5) is 26.4. The number of nitrogens with two attached hydrogens (primary N) is 1. The molecule has 161 valence electrons. The summed E-state index contributed by atoms with van der Waals surface area (Å²) in [6.45, 7) is 8.46. The van der Waals surface area contributed by atoms with E-state index in [0.29, 0.717) is 35.5 Å². The molecule has 1 radical (unpaired) electrons. The summed E-state index contributed by atoms with van der Waals surface area (Å²) in [5.74, 6) is -0.226. The zero-order valence-corrected chi connectivity index (χ0v) is 22.5. The van der Waals surface area contributed by atoms with Crippen LogP contribution < -0.4 is 10.5 Å². The predicted octanol–water partition coefficient (Wildman–Crippen LogP) is 2.80. The Morgan fingerprint density at radius 1 is 1.10 bits per heavy atom. The molecule has 0 saturated carbocycles. The van der Waals surface area contributed by atoms with Crippen LogP contribution >= 0.6 is 0 Å². The van der Waals surface area contributed by atoms with Gasteiger partial charge in [0.15, 0.2) is 0 Å². The Morgan fingerprint density at radius 3 is 2.13 bits per heavy atom. The van der Waals surface area contributed by atoms with E-state index in [9.17, 15) is 9.59 Å². The summed E-state index contributed by atoms with van der Waals surface area (Å²) < 4.78 is 5.33. The topological polar surface area (TPSA) is 128 Å². The average Bonchev–Trinajstić information content (AvgIpc) is 2.72. The number of amidine groups is 1. The van der Waals surface area contributed by atoms with Gasteiger partial charge in [0.2, 0.25) is 5.91 Å². The summed E-state index contributed by atoms with van der Waals surface area (Å²) >= 11 is 0. The van der Waals surface area contributed by atoms with E-state index < -0.39 is 5.97 Å². The number of carbonyl (C=O) groups excluding carboxylic acids is 2. The Labute approximate surface area is 218 Å². The Morgan fingerprint density at radius 2 is 1.65 bits per heavy atom. The van der Waals surface area contributed by atoms with Gasteiger partial charge in [-0.3, -0.25) is 10.2 Å². The Hall–Kier alpha value is -2.27. The zero-order chi connectivity index (χ0) is 21.4. The molecule has 0 bridgehead atoms. The molecular formula is C23H27AcN3O4. The van der Waals surface area contributed by atoms with E-state index in [1.807, 2.05) is 6.92 Å². The van der Waals surface area contributed by atoms with E-state index in [2.05, 4.69) is 6.58 Å². The number of ether oxygens (including phenoxy) is 1. The van der Waals surface area contributed by atoms with Crippen molar-refractivity contribution in [3.8, 4) is 5.75 Å². The molecule has 0 aromatic heterocycles. The van der Waals surface area contributed by atoms with Crippen LogP contribution in [0.3, 0.4) is 0 Å². The van der Waals surface area contributed by atoms with Crippen molar-refractivity contribution in [2.24, 2.45) is 5.73 Å². The first-order valence-corrected chi connectivity index (χ1v) is 9.20. The van der Waals surface area contributed by atoms with Crippen LogP contribution in [0.4, 0.5) is 0 Å². The van der Waals surface area contributed by atoms with Crippen molar-refractivity contribution in [2.45, 2.75) is 13.8 Å². The minimum absolute atomic E-state index is 0. The van der Waals surface area contributed by atoms with Gasteiger partial charge in [-0.2, -0.15) is 0 Å². The Kier molecular flexibility index (Phi) is 12.9. The number of amides is 1. The number of benzene rings is 2. The fourth-order valence-electron chi connectivity index (χ4n) is 2.66. The molecule has 0 aliphatic carbocycles. The van der Waals surface area contributed by atoms with Crippen molar-refractivity contribution in [2.75, 3.05) is 13.1 Å². The number of nitrogens with zero attached hydrogens (tertiary/aromatic N) is 1. The van der Waals surface area contributed by atoms with Gasteiger partial charge in [-0.1, -0.05) is 18.2 Å². The quantitative estimate of drug-likeness (QED) is 0.115. The van der Waals surface area contributed by atoms with E-state index in [4.69, 9.17) is 15.9 Å². The third-order valence-electron chi connectivity index (χ3n) is 4.26. The fraction of sp³-hybridized carbons (Fsp3) is 0.174. The first kappa shape index (κ1) is 28.7. The van der Waals surface area contributed by atoms with E-state index in [-0.39, 0.29) is 61.3 Å². The van der Waals surface area contributed by atoms with Gasteiger partial charge in [-0.25, -0.2) is 4.79 Å². The maximum atomic E-state index is 12.4. The van der Waals surface area contributed by atoms with Gasteiger partial charge in [0, 0.05) is 68.3 Å². The van der Waals surface area contributed by atoms with Crippen LogP contribution in [-0.4, -0.2) is 41.2 Å². The van der Waals surface area contributed by atoms with Gasteiger partial charge in [0.1, 0.15) is 11.6 Å². The van der Waals surface area contributed by atoms with Crippen molar-refractivity contribution in [3.63, 3.8) is 0 Å². The smallest absolute Gasteiger partial charge is 0.343 e. The molecule has 5 N–H and O–H groups in total. The SMILES string of the molecule is C=CCN(CC)C(=O)C(C)=Cc1ccc(C(=O)Oc2ccc(C(=N)N)cc2)cc1.O.[Ac]. The minimum atomic E-state index is -0.493. The third-order valence-corrected chi connectivity index (χ3v) is 4.26. The number of hydrogen-bond acceptors (Lipinski definition) is 4. The maximum absolute atomic E-state index is 12.4. The largest absolute Gasteiger partial charge is 0.423 e. The fourth-order valence-corrected chi connectivity index (χ4v) is 2.66. The molecule has 0 spiro atoms. The second-order valence-corrected chi connectivity index (χ2v) is 6.41. The molecule has 2 rings (SSSR count). The van der Waals surface area contributed by atoms with Crippen molar-refractivity contribution >= 4 is 23.8 Å². The first-order chi connectivity index (χ1) is 13.8. The molecule has 31 heavy (non-hydrogen) atoms. The van der Waals surface area contributed by atoms with E-state index >= 15 is 0 Å². The third kappa shape index (κ3) is 8.41. The molecule has 8 heteroatoms. The Balaban J connectivity index is 0.00000450. The molecule has 0 fully saturated rings. The number of carbonyl (C=O) groups is 2. The van der Waals surface area contributed by atoms with Crippen LogP contribution in [0.15, 0.2) is 66.8 Å². The van der Waals surface area contributed by atoms with Gasteiger partial charge >= 0.3 is 5.97 Å².